The summed E-state index contributed by atoms with van der Waals surface area (Å²) >= 11 is 0. The fourth-order valence-electron chi connectivity index (χ4n) is 3.62. The Bertz CT molecular complexity index is 1080. The van der Waals surface area contributed by atoms with E-state index in [1.807, 2.05) is 79.4 Å². The Balaban J connectivity index is 1.65. The second-order valence-corrected chi connectivity index (χ2v) is 8.22. The van der Waals surface area contributed by atoms with Crippen LogP contribution in [0.4, 0.5) is 0 Å². The molecule has 0 bridgehead atoms. The van der Waals surface area contributed by atoms with Crippen molar-refractivity contribution >= 4 is 11.9 Å². The van der Waals surface area contributed by atoms with E-state index in [2.05, 4.69) is 0 Å². The summed E-state index contributed by atoms with van der Waals surface area (Å²) in [5.41, 5.74) is 2.27. The largest absolute Gasteiger partial charge is 0.493 e. The van der Waals surface area contributed by atoms with Gasteiger partial charge in [-0.3, -0.25) is 4.79 Å². The summed E-state index contributed by atoms with van der Waals surface area (Å²) in [6.07, 6.45) is 2.23. The molecule has 0 N–H and O–H groups in total. The quantitative estimate of drug-likeness (QED) is 0.243. The minimum absolute atomic E-state index is 0.0310. The van der Waals surface area contributed by atoms with E-state index in [0.717, 1.165) is 16.9 Å². The van der Waals surface area contributed by atoms with Gasteiger partial charge in [0, 0.05) is 30.1 Å². The predicted molar refractivity (Wildman–Crippen MR) is 133 cm³/mol. The number of rotatable bonds is 13. The van der Waals surface area contributed by atoms with Crippen LogP contribution in [0.3, 0.4) is 0 Å². The number of hydrogen-bond donors (Lipinski definition) is 0. The van der Waals surface area contributed by atoms with E-state index in [1.54, 1.807) is 13.2 Å². The van der Waals surface area contributed by atoms with E-state index >= 15 is 0 Å². The van der Waals surface area contributed by atoms with Gasteiger partial charge >= 0.3 is 5.97 Å². The van der Waals surface area contributed by atoms with Crippen molar-refractivity contribution in [1.82, 2.24) is 4.90 Å². The van der Waals surface area contributed by atoms with Crippen LogP contribution in [0.15, 0.2) is 71.3 Å². The molecular weight excluding hydrogens is 446 g/mol. The molecule has 0 unspecified atom stereocenters. The predicted octanol–water partition coefficient (Wildman–Crippen LogP) is 5.35. The van der Waals surface area contributed by atoms with E-state index in [4.69, 9.17) is 18.6 Å². The lowest BCUT2D eigenvalue weighted by molar-refractivity contribution is -0.148. The standard InChI is InChI=1S/C28H33NO6/c1-4-33-27(30)20-32-16-10-18-34-25-14-8-5-11-22(25)19-29(21(2)3)28(31)24-13-7-6-12-23(24)26-15-9-17-35-26/h5-9,11-15,17,21H,4,10,16,18-20H2,1-3H3. The number of ether oxygens (including phenoxy) is 3. The Labute approximate surface area is 206 Å². The van der Waals surface area contributed by atoms with Gasteiger partial charge in [0.15, 0.2) is 0 Å². The average Bonchev–Trinajstić information content (AvgIpc) is 3.40. The van der Waals surface area contributed by atoms with Gasteiger partial charge < -0.3 is 23.5 Å². The van der Waals surface area contributed by atoms with E-state index < -0.39 is 0 Å². The van der Waals surface area contributed by atoms with Crippen LogP contribution in [-0.4, -0.2) is 49.2 Å². The van der Waals surface area contributed by atoms with Gasteiger partial charge in [0.2, 0.25) is 0 Å². The maximum atomic E-state index is 13.6. The van der Waals surface area contributed by atoms with E-state index in [-0.39, 0.29) is 24.5 Å². The molecule has 7 nitrogen and oxygen atoms in total. The Morgan fingerprint density at radius 3 is 2.49 bits per heavy atom. The van der Waals surface area contributed by atoms with Crippen LogP contribution >= 0.6 is 0 Å². The van der Waals surface area contributed by atoms with Crippen LogP contribution in [0.5, 0.6) is 5.75 Å². The number of nitrogens with zero attached hydrogens (tertiary/aromatic N) is 1. The van der Waals surface area contributed by atoms with Crippen molar-refractivity contribution in [2.24, 2.45) is 0 Å². The molecule has 2 aromatic carbocycles. The van der Waals surface area contributed by atoms with Crippen LogP contribution in [-0.2, 0) is 20.8 Å². The monoisotopic (exact) mass is 479 g/mol. The topological polar surface area (TPSA) is 78.2 Å². The molecule has 3 aromatic rings. The van der Waals surface area contributed by atoms with Gasteiger partial charge in [0.25, 0.3) is 5.91 Å². The average molecular weight is 480 g/mol. The molecule has 0 radical (unpaired) electrons. The minimum atomic E-state index is -0.370. The summed E-state index contributed by atoms with van der Waals surface area (Å²) in [7, 11) is 0. The molecule has 0 fully saturated rings. The molecule has 186 valence electrons. The fraction of sp³-hybridized carbons (Fsp3) is 0.357. The van der Waals surface area contributed by atoms with Crippen molar-refractivity contribution < 1.29 is 28.2 Å². The smallest absolute Gasteiger partial charge is 0.332 e. The van der Waals surface area contributed by atoms with Gasteiger partial charge in [-0.1, -0.05) is 36.4 Å². The molecule has 0 atom stereocenters. The number of furan rings is 1. The first-order valence-corrected chi connectivity index (χ1v) is 11.9. The third kappa shape index (κ3) is 7.45. The van der Waals surface area contributed by atoms with Crippen LogP contribution in [0.2, 0.25) is 0 Å². The van der Waals surface area contributed by atoms with E-state index in [0.29, 0.717) is 44.1 Å². The molecule has 35 heavy (non-hydrogen) atoms. The van der Waals surface area contributed by atoms with Crippen molar-refractivity contribution in [3.63, 3.8) is 0 Å². The van der Waals surface area contributed by atoms with Crippen LogP contribution in [0.1, 0.15) is 43.1 Å². The highest BCUT2D eigenvalue weighted by Crippen LogP contribution is 2.28. The summed E-state index contributed by atoms with van der Waals surface area (Å²) in [4.78, 5) is 26.8. The first-order chi connectivity index (χ1) is 17.0. The molecule has 1 amide bonds. The van der Waals surface area contributed by atoms with Crippen molar-refractivity contribution in [2.75, 3.05) is 26.4 Å². The molecule has 1 heterocycles. The maximum Gasteiger partial charge on any atom is 0.332 e. The van der Waals surface area contributed by atoms with Crippen molar-refractivity contribution in [3.05, 3.63) is 78.1 Å². The van der Waals surface area contributed by atoms with E-state index in [9.17, 15) is 9.59 Å². The Hall–Kier alpha value is -3.58. The summed E-state index contributed by atoms with van der Waals surface area (Å²) < 4.78 is 21.7. The normalized spacial score (nSPS) is 10.9. The molecule has 7 heteroatoms. The number of hydrogen-bond acceptors (Lipinski definition) is 6. The summed E-state index contributed by atoms with van der Waals surface area (Å²) in [6, 6.07) is 18.8. The highest BCUT2D eigenvalue weighted by atomic mass is 16.6. The molecule has 0 aliphatic rings. The zero-order valence-electron chi connectivity index (χ0n) is 20.6. The summed E-state index contributed by atoms with van der Waals surface area (Å²) in [5.74, 6) is 0.933. The first kappa shape index (κ1) is 26.0. The van der Waals surface area contributed by atoms with Crippen molar-refractivity contribution in [2.45, 2.75) is 39.8 Å². The number of para-hydroxylation sites is 1. The first-order valence-electron chi connectivity index (χ1n) is 11.9. The summed E-state index contributed by atoms with van der Waals surface area (Å²) in [6.45, 7) is 7.25. The zero-order chi connectivity index (χ0) is 25.0. The highest BCUT2D eigenvalue weighted by molar-refractivity contribution is 6.00. The molecular formula is C28H33NO6. The molecule has 0 saturated heterocycles. The van der Waals surface area contributed by atoms with Gasteiger partial charge in [-0.15, -0.1) is 0 Å². The fourth-order valence-corrected chi connectivity index (χ4v) is 3.62. The Morgan fingerprint density at radius 1 is 0.971 bits per heavy atom. The molecule has 0 aliphatic heterocycles. The van der Waals surface area contributed by atoms with Crippen molar-refractivity contribution in [3.8, 4) is 17.1 Å². The highest BCUT2D eigenvalue weighted by Gasteiger charge is 2.23. The van der Waals surface area contributed by atoms with Crippen LogP contribution < -0.4 is 4.74 Å². The SMILES string of the molecule is CCOC(=O)COCCCOc1ccccc1CN(C(=O)c1ccccc1-c1ccco1)C(C)C. The number of amides is 1. The summed E-state index contributed by atoms with van der Waals surface area (Å²) in [5, 5.41) is 0. The number of carbonyl (C=O) groups excluding carboxylic acids is 2. The van der Waals surface area contributed by atoms with Crippen LogP contribution in [0.25, 0.3) is 11.3 Å². The Kier molecular flexibility index (Phi) is 9.93. The number of carbonyl (C=O) groups is 2. The van der Waals surface area contributed by atoms with Crippen molar-refractivity contribution in [1.29, 1.82) is 0 Å². The molecule has 0 saturated carbocycles. The number of benzene rings is 2. The second-order valence-electron chi connectivity index (χ2n) is 8.22. The molecule has 1 aromatic heterocycles. The van der Waals surface area contributed by atoms with Gasteiger partial charge in [0.05, 0.1) is 31.6 Å². The molecule has 3 rings (SSSR count). The lowest BCUT2D eigenvalue weighted by Gasteiger charge is -2.28. The molecule has 0 aliphatic carbocycles. The van der Waals surface area contributed by atoms with Gasteiger partial charge in [-0.05, 0) is 45.0 Å². The minimum Gasteiger partial charge on any atom is -0.493 e. The lowest BCUT2D eigenvalue weighted by atomic mass is 10.0. The lowest BCUT2D eigenvalue weighted by Crippen LogP contribution is -2.36. The Morgan fingerprint density at radius 2 is 1.74 bits per heavy atom. The third-order valence-electron chi connectivity index (χ3n) is 5.36. The third-order valence-corrected chi connectivity index (χ3v) is 5.36. The van der Waals surface area contributed by atoms with Crippen LogP contribution in [0, 0.1) is 0 Å². The number of esters is 1. The van der Waals surface area contributed by atoms with Gasteiger partial charge in [0.1, 0.15) is 18.1 Å². The zero-order valence-corrected chi connectivity index (χ0v) is 20.6. The van der Waals surface area contributed by atoms with Gasteiger partial charge in [-0.25, -0.2) is 4.79 Å². The second kappa shape index (κ2) is 13.3. The van der Waals surface area contributed by atoms with E-state index in [1.165, 1.54) is 0 Å². The molecule has 0 spiro atoms. The van der Waals surface area contributed by atoms with Gasteiger partial charge in [-0.2, -0.15) is 0 Å². The maximum absolute atomic E-state index is 13.6.